The largest absolute Gasteiger partial charge is 0.419 e. The molecule has 24 heavy (non-hydrogen) atoms. The normalized spacial score (nSPS) is 11.2. The lowest BCUT2D eigenvalue weighted by atomic mass is 10.1. The Morgan fingerprint density at radius 2 is 2.04 bits per heavy atom. The topological polar surface area (TPSA) is 82.1 Å². The van der Waals surface area contributed by atoms with Crippen LogP contribution in [0.2, 0.25) is 0 Å². The molecule has 1 amide bonds. The standard InChI is InChI=1S/C17H14N4O3/c1-20-9-18-12-5-3-4-11(15(12)20)16(22)19-10-6-7-13-14(8-10)24-17(23)21(13)2/h3-9H,1-2H3,(H,19,22). The summed E-state index contributed by atoms with van der Waals surface area (Å²) in [5, 5.41) is 2.84. The van der Waals surface area contributed by atoms with Crippen molar-refractivity contribution in [3.63, 3.8) is 0 Å². The van der Waals surface area contributed by atoms with Crippen molar-refractivity contribution in [2.24, 2.45) is 14.1 Å². The number of hydrogen-bond acceptors (Lipinski definition) is 4. The molecule has 0 unspecified atom stereocenters. The highest BCUT2D eigenvalue weighted by Crippen LogP contribution is 2.21. The van der Waals surface area contributed by atoms with Crippen molar-refractivity contribution in [1.29, 1.82) is 0 Å². The molecule has 7 nitrogen and oxygen atoms in total. The van der Waals surface area contributed by atoms with Gasteiger partial charge >= 0.3 is 5.76 Å². The van der Waals surface area contributed by atoms with Crippen molar-refractivity contribution in [2.45, 2.75) is 0 Å². The molecule has 0 bridgehead atoms. The molecule has 0 radical (unpaired) electrons. The Hall–Kier alpha value is -3.35. The minimum atomic E-state index is -0.437. The van der Waals surface area contributed by atoms with Crippen LogP contribution in [0, 0.1) is 0 Å². The highest BCUT2D eigenvalue weighted by molar-refractivity contribution is 6.11. The monoisotopic (exact) mass is 322 g/mol. The van der Waals surface area contributed by atoms with Gasteiger partial charge < -0.3 is 14.3 Å². The zero-order valence-corrected chi connectivity index (χ0v) is 13.1. The van der Waals surface area contributed by atoms with Crippen LogP contribution in [0.4, 0.5) is 5.69 Å². The second-order valence-electron chi connectivity index (χ2n) is 5.59. The van der Waals surface area contributed by atoms with Gasteiger partial charge in [0, 0.05) is 25.8 Å². The third kappa shape index (κ3) is 2.10. The zero-order valence-electron chi connectivity index (χ0n) is 13.1. The molecule has 120 valence electrons. The lowest BCUT2D eigenvalue weighted by Gasteiger charge is -2.07. The predicted molar refractivity (Wildman–Crippen MR) is 90.1 cm³/mol. The Balaban J connectivity index is 1.73. The third-order valence-corrected chi connectivity index (χ3v) is 4.03. The summed E-state index contributed by atoms with van der Waals surface area (Å²) in [6.45, 7) is 0. The van der Waals surface area contributed by atoms with Crippen LogP contribution < -0.4 is 11.1 Å². The van der Waals surface area contributed by atoms with Crippen molar-refractivity contribution >= 4 is 33.7 Å². The minimum absolute atomic E-state index is 0.248. The molecule has 2 aromatic heterocycles. The number of imidazole rings is 1. The molecule has 2 heterocycles. The van der Waals surface area contributed by atoms with Crippen LogP contribution in [0.15, 0.2) is 51.9 Å². The first-order valence-corrected chi connectivity index (χ1v) is 7.35. The first-order valence-electron chi connectivity index (χ1n) is 7.35. The van der Waals surface area contributed by atoms with E-state index in [9.17, 15) is 9.59 Å². The molecular formula is C17H14N4O3. The molecule has 0 atom stereocenters. The fraction of sp³-hybridized carbons (Fsp3) is 0.118. The number of hydrogen-bond donors (Lipinski definition) is 1. The summed E-state index contributed by atoms with van der Waals surface area (Å²) in [6, 6.07) is 10.5. The van der Waals surface area contributed by atoms with Crippen molar-refractivity contribution in [3.05, 3.63) is 58.8 Å². The van der Waals surface area contributed by atoms with Gasteiger partial charge in [-0.25, -0.2) is 9.78 Å². The number of benzene rings is 2. The van der Waals surface area contributed by atoms with Crippen LogP contribution in [0.3, 0.4) is 0 Å². The Bertz CT molecular complexity index is 1150. The van der Waals surface area contributed by atoms with Crippen LogP contribution in [0.5, 0.6) is 0 Å². The quantitative estimate of drug-likeness (QED) is 0.614. The predicted octanol–water partition coefficient (Wildman–Crippen LogP) is 2.27. The van der Waals surface area contributed by atoms with Gasteiger partial charge in [0.15, 0.2) is 5.58 Å². The number of nitrogens with one attached hydrogen (secondary N) is 1. The van der Waals surface area contributed by atoms with Gasteiger partial charge in [-0.2, -0.15) is 0 Å². The molecule has 2 aromatic carbocycles. The van der Waals surface area contributed by atoms with Crippen LogP contribution in [-0.4, -0.2) is 20.0 Å². The maximum atomic E-state index is 12.6. The Morgan fingerprint density at radius 3 is 2.88 bits per heavy atom. The van der Waals surface area contributed by atoms with E-state index in [2.05, 4.69) is 10.3 Å². The highest BCUT2D eigenvalue weighted by Gasteiger charge is 2.14. The van der Waals surface area contributed by atoms with Crippen molar-refractivity contribution < 1.29 is 9.21 Å². The number of para-hydroxylation sites is 1. The van der Waals surface area contributed by atoms with Gasteiger partial charge in [-0.3, -0.25) is 9.36 Å². The van der Waals surface area contributed by atoms with E-state index in [1.54, 1.807) is 43.7 Å². The van der Waals surface area contributed by atoms with Gasteiger partial charge in [0.25, 0.3) is 5.91 Å². The number of rotatable bonds is 2. The summed E-state index contributed by atoms with van der Waals surface area (Å²) in [7, 11) is 3.48. The Labute approximate surface area is 136 Å². The molecule has 7 heteroatoms. The molecule has 4 rings (SSSR count). The number of amides is 1. The molecule has 4 aromatic rings. The van der Waals surface area contributed by atoms with Gasteiger partial charge in [0.05, 0.1) is 28.4 Å². The van der Waals surface area contributed by atoms with E-state index >= 15 is 0 Å². The molecule has 0 aliphatic carbocycles. The number of fused-ring (bicyclic) bond motifs is 2. The molecule has 0 aliphatic heterocycles. The van der Waals surface area contributed by atoms with Crippen LogP contribution in [-0.2, 0) is 14.1 Å². The van der Waals surface area contributed by atoms with Gasteiger partial charge in [-0.1, -0.05) is 6.07 Å². The molecule has 0 aliphatic rings. The summed E-state index contributed by atoms with van der Waals surface area (Å²) < 4.78 is 8.37. The lowest BCUT2D eigenvalue weighted by Crippen LogP contribution is -2.13. The molecule has 0 saturated carbocycles. The van der Waals surface area contributed by atoms with E-state index in [-0.39, 0.29) is 5.91 Å². The summed E-state index contributed by atoms with van der Waals surface area (Å²) in [5.41, 5.74) is 3.71. The number of carbonyl (C=O) groups excluding carboxylic acids is 1. The van der Waals surface area contributed by atoms with Crippen LogP contribution in [0.25, 0.3) is 22.1 Å². The second-order valence-corrected chi connectivity index (χ2v) is 5.59. The maximum Gasteiger partial charge on any atom is 0.419 e. The van der Waals surface area contributed by atoms with E-state index in [0.717, 1.165) is 11.0 Å². The third-order valence-electron chi connectivity index (χ3n) is 4.03. The van der Waals surface area contributed by atoms with E-state index < -0.39 is 5.76 Å². The smallest absolute Gasteiger partial charge is 0.408 e. The number of aromatic nitrogens is 3. The number of aryl methyl sites for hydroxylation is 2. The highest BCUT2D eigenvalue weighted by atomic mass is 16.4. The number of carbonyl (C=O) groups is 1. The Kier molecular flexibility index (Phi) is 3.02. The van der Waals surface area contributed by atoms with Crippen LogP contribution >= 0.6 is 0 Å². The Morgan fingerprint density at radius 1 is 1.21 bits per heavy atom. The molecule has 0 fully saturated rings. The summed E-state index contributed by atoms with van der Waals surface area (Å²) >= 11 is 0. The average molecular weight is 322 g/mol. The average Bonchev–Trinajstić information content (AvgIpc) is 3.08. The first kappa shape index (κ1) is 14.3. The van der Waals surface area contributed by atoms with E-state index in [0.29, 0.717) is 22.4 Å². The van der Waals surface area contributed by atoms with Gasteiger partial charge in [-0.05, 0) is 24.3 Å². The van der Waals surface area contributed by atoms with Gasteiger partial charge in [0.2, 0.25) is 0 Å². The number of anilines is 1. The first-order chi connectivity index (χ1) is 11.5. The summed E-state index contributed by atoms with van der Waals surface area (Å²) in [4.78, 5) is 28.4. The van der Waals surface area contributed by atoms with Crippen molar-refractivity contribution in [1.82, 2.24) is 14.1 Å². The van der Waals surface area contributed by atoms with Crippen molar-refractivity contribution in [3.8, 4) is 0 Å². The minimum Gasteiger partial charge on any atom is -0.408 e. The van der Waals surface area contributed by atoms with E-state index in [4.69, 9.17) is 4.42 Å². The van der Waals surface area contributed by atoms with E-state index in [1.165, 1.54) is 4.57 Å². The SMILES string of the molecule is Cn1cnc2cccc(C(=O)Nc3ccc4c(c3)oc(=O)n4C)c21. The summed E-state index contributed by atoms with van der Waals surface area (Å²) in [5.74, 6) is -0.685. The molecule has 1 N–H and O–H groups in total. The van der Waals surface area contributed by atoms with E-state index in [1.807, 2.05) is 17.7 Å². The van der Waals surface area contributed by atoms with Crippen LogP contribution in [0.1, 0.15) is 10.4 Å². The molecular weight excluding hydrogens is 308 g/mol. The fourth-order valence-corrected chi connectivity index (χ4v) is 2.81. The number of oxazole rings is 1. The number of nitrogens with zero attached hydrogens (tertiary/aromatic N) is 3. The lowest BCUT2D eigenvalue weighted by molar-refractivity contribution is 0.102. The van der Waals surface area contributed by atoms with Gasteiger partial charge in [-0.15, -0.1) is 0 Å². The van der Waals surface area contributed by atoms with Gasteiger partial charge in [0.1, 0.15) is 0 Å². The molecule has 0 saturated heterocycles. The zero-order chi connectivity index (χ0) is 16.8. The molecule has 0 spiro atoms. The maximum absolute atomic E-state index is 12.6. The second kappa shape index (κ2) is 5.09. The van der Waals surface area contributed by atoms with Crippen molar-refractivity contribution in [2.75, 3.05) is 5.32 Å². The summed E-state index contributed by atoms with van der Waals surface area (Å²) in [6.07, 6.45) is 1.67. The fourth-order valence-electron chi connectivity index (χ4n) is 2.81.